The highest BCUT2D eigenvalue weighted by atomic mass is 16.5. The summed E-state index contributed by atoms with van der Waals surface area (Å²) in [6.07, 6.45) is 4.29. The number of hydrogen-bond acceptors (Lipinski definition) is 3. The van der Waals surface area contributed by atoms with Gasteiger partial charge in [0.1, 0.15) is 5.82 Å². The van der Waals surface area contributed by atoms with Crippen LogP contribution in [0.5, 0.6) is 0 Å². The fourth-order valence-electron chi connectivity index (χ4n) is 3.32. The highest BCUT2D eigenvalue weighted by molar-refractivity contribution is 5.75. The lowest BCUT2D eigenvalue weighted by Crippen LogP contribution is -2.43. The Morgan fingerprint density at radius 1 is 1.43 bits per heavy atom. The van der Waals surface area contributed by atoms with Crippen LogP contribution in [0.15, 0.2) is 24.3 Å². The van der Waals surface area contributed by atoms with E-state index >= 15 is 0 Å². The summed E-state index contributed by atoms with van der Waals surface area (Å²) < 4.78 is 7.85. The number of para-hydroxylation sites is 2. The van der Waals surface area contributed by atoms with Gasteiger partial charge in [-0.25, -0.2) is 4.98 Å². The van der Waals surface area contributed by atoms with E-state index in [1.807, 2.05) is 25.2 Å². The number of aryl methyl sites for hydroxylation is 1. The van der Waals surface area contributed by atoms with Crippen molar-refractivity contribution in [2.75, 3.05) is 6.61 Å². The van der Waals surface area contributed by atoms with Gasteiger partial charge in [0.15, 0.2) is 0 Å². The largest absolute Gasteiger partial charge is 0.389 e. The first-order chi connectivity index (χ1) is 10.1. The molecule has 0 bridgehead atoms. The molecule has 21 heavy (non-hydrogen) atoms. The summed E-state index contributed by atoms with van der Waals surface area (Å²) in [5.74, 6) is 0.954. The minimum absolute atomic E-state index is 0.184. The van der Waals surface area contributed by atoms with Crippen LogP contribution in [0.3, 0.4) is 0 Å². The predicted molar refractivity (Wildman–Crippen MR) is 83.2 cm³/mol. The van der Waals surface area contributed by atoms with Crippen molar-refractivity contribution in [3.8, 4) is 0 Å². The fourth-order valence-corrected chi connectivity index (χ4v) is 3.32. The molecule has 1 aromatic carbocycles. The second-order valence-electron chi connectivity index (χ2n) is 6.21. The van der Waals surface area contributed by atoms with Gasteiger partial charge in [-0.1, -0.05) is 25.5 Å². The van der Waals surface area contributed by atoms with E-state index in [0.717, 1.165) is 29.7 Å². The minimum atomic E-state index is -0.687. The molecule has 3 rings (SSSR count). The first kappa shape index (κ1) is 14.5. The molecule has 0 spiro atoms. The molecule has 4 nitrogen and oxygen atoms in total. The predicted octanol–water partition coefficient (Wildman–Crippen LogP) is 2.83. The summed E-state index contributed by atoms with van der Waals surface area (Å²) in [5, 5.41) is 10.9. The van der Waals surface area contributed by atoms with Crippen molar-refractivity contribution in [1.29, 1.82) is 0 Å². The van der Waals surface area contributed by atoms with Crippen LogP contribution in [0, 0.1) is 0 Å². The maximum absolute atomic E-state index is 10.9. The lowest BCUT2D eigenvalue weighted by atomic mass is 9.86. The molecule has 1 aliphatic heterocycles. The van der Waals surface area contributed by atoms with Crippen LogP contribution in [0.4, 0.5) is 0 Å². The van der Waals surface area contributed by atoms with E-state index in [9.17, 15) is 5.11 Å². The summed E-state index contributed by atoms with van der Waals surface area (Å²) >= 11 is 0. The maximum atomic E-state index is 10.9. The average Bonchev–Trinajstić information content (AvgIpc) is 2.76. The van der Waals surface area contributed by atoms with Crippen LogP contribution in [-0.2, 0) is 18.2 Å². The number of nitrogens with zero attached hydrogens (tertiary/aromatic N) is 2. The van der Waals surface area contributed by atoms with Crippen molar-refractivity contribution in [3.63, 3.8) is 0 Å². The molecule has 0 radical (unpaired) electrons. The van der Waals surface area contributed by atoms with Crippen molar-refractivity contribution in [2.45, 2.75) is 50.7 Å². The van der Waals surface area contributed by atoms with Gasteiger partial charge in [-0.05, 0) is 18.6 Å². The highest BCUT2D eigenvalue weighted by Gasteiger charge is 2.36. The zero-order valence-corrected chi connectivity index (χ0v) is 12.9. The van der Waals surface area contributed by atoms with Crippen LogP contribution in [0.25, 0.3) is 11.0 Å². The van der Waals surface area contributed by atoms with Crippen LogP contribution in [0.2, 0.25) is 0 Å². The van der Waals surface area contributed by atoms with Gasteiger partial charge < -0.3 is 14.4 Å². The third kappa shape index (κ3) is 2.97. The van der Waals surface area contributed by atoms with Crippen molar-refractivity contribution in [1.82, 2.24) is 9.55 Å². The molecular weight excluding hydrogens is 264 g/mol. The standard InChI is InChI=1S/C17H24N2O2/c1-3-6-13-11-17(20,9-10-21-13)12-16-18-14-7-4-5-8-15(14)19(16)2/h4-5,7-8,13,20H,3,6,9-12H2,1-2H3. The maximum Gasteiger partial charge on any atom is 0.112 e. The molecule has 2 aromatic rings. The van der Waals surface area contributed by atoms with Gasteiger partial charge in [0.25, 0.3) is 0 Å². The van der Waals surface area contributed by atoms with Gasteiger partial charge >= 0.3 is 0 Å². The first-order valence-corrected chi connectivity index (χ1v) is 7.85. The second kappa shape index (κ2) is 5.78. The molecule has 2 unspecified atom stereocenters. The molecule has 0 amide bonds. The highest BCUT2D eigenvalue weighted by Crippen LogP contribution is 2.30. The van der Waals surface area contributed by atoms with Gasteiger partial charge in [0, 0.05) is 32.9 Å². The molecule has 1 aromatic heterocycles. The number of imidazole rings is 1. The molecule has 1 fully saturated rings. The quantitative estimate of drug-likeness (QED) is 0.941. The van der Waals surface area contributed by atoms with Crippen molar-refractivity contribution >= 4 is 11.0 Å². The van der Waals surface area contributed by atoms with Crippen molar-refractivity contribution < 1.29 is 9.84 Å². The number of benzene rings is 1. The van der Waals surface area contributed by atoms with E-state index in [-0.39, 0.29) is 6.10 Å². The normalized spacial score (nSPS) is 26.3. The Bertz CT molecular complexity index is 620. The van der Waals surface area contributed by atoms with E-state index in [1.165, 1.54) is 0 Å². The number of ether oxygens (including phenoxy) is 1. The lowest BCUT2D eigenvalue weighted by molar-refractivity contribution is -0.105. The second-order valence-corrected chi connectivity index (χ2v) is 6.21. The van der Waals surface area contributed by atoms with Crippen molar-refractivity contribution in [2.24, 2.45) is 7.05 Å². The Morgan fingerprint density at radius 2 is 2.24 bits per heavy atom. The Kier molecular flexibility index (Phi) is 4.00. The summed E-state index contributed by atoms with van der Waals surface area (Å²) in [4.78, 5) is 4.68. The Labute approximate surface area is 125 Å². The number of hydrogen-bond donors (Lipinski definition) is 1. The van der Waals surface area contributed by atoms with Crippen LogP contribution in [0.1, 0.15) is 38.4 Å². The molecule has 114 valence electrons. The fraction of sp³-hybridized carbons (Fsp3) is 0.588. The van der Waals surface area contributed by atoms with E-state index < -0.39 is 5.60 Å². The zero-order valence-electron chi connectivity index (χ0n) is 12.9. The van der Waals surface area contributed by atoms with Crippen molar-refractivity contribution in [3.05, 3.63) is 30.1 Å². The van der Waals surface area contributed by atoms with Gasteiger partial charge in [-0.3, -0.25) is 0 Å². The molecule has 2 atom stereocenters. The zero-order chi connectivity index (χ0) is 14.9. The average molecular weight is 288 g/mol. The number of aliphatic hydroxyl groups is 1. The van der Waals surface area contributed by atoms with Gasteiger partial charge in [-0.15, -0.1) is 0 Å². The molecule has 1 N–H and O–H groups in total. The third-order valence-corrected chi connectivity index (χ3v) is 4.51. The summed E-state index contributed by atoms with van der Waals surface area (Å²) in [6, 6.07) is 8.11. The van der Waals surface area contributed by atoms with E-state index in [2.05, 4.69) is 22.5 Å². The Balaban J connectivity index is 1.82. The molecule has 1 aliphatic rings. The SMILES string of the molecule is CCCC1CC(O)(Cc2nc3ccccc3n2C)CCO1. The van der Waals surface area contributed by atoms with E-state index in [4.69, 9.17) is 4.74 Å². The van der Waals surface area contributed by atoms with Crippen LogP contribution >= 0.6 is 0 Å². The summed E-state index contributed by atoms with van der Waals surface area (Å²) in [7, 11) is 2.02. The minimum Gasteiger partial charge on any atom is -0.389 e. The van der Waals surface area contributed by atoms with E-state index in [1.54, 1.807) is 0 Å². The van der Waals surface area contributed by atoms with Crippen LogP contribution in [-0.4, -0.2) is 33.0 Å². The number of fused-ring (bicyclic) bond motifs is 1. The first-order valence-electron chi connectivity index (χ1n) is 7.85. The topological polar surface area (TPSA) is 47.3 Å². The Morgan fingerprint density at radius 3 is 3.00 bits per heavy atom. The molecule has 4 heteroatoms. The molecule has 0 saturated carbocycles. The summed E-state index contributed by atoms with van der Waals surface area (Å²) in [6.45, 7) is 2.80. The molecular formula is C17H24N2O2. The summed E-state index contributed by atoms with van der Waals surface area (Å²) in [5.41, 5.74) is 1.43. The number of aromatic nitrogens is 2. The number of rotatable bonds is 4. The van der Waals surface area contributed by atoms with Gasteiger partial charge in [0.05, 0.1) is 22.7 Å². The molecule has 2 heterocycles. The smallest absolute Gasteiger partial charge is 0.112 e. The van der Waals surface area contributed by atoms with Gasteiger partial charge in [-0.2, -0.15) is 0 Å². The van der Waals surface area contributed by atoms with Gasteiger partial charge in [0.2, 0.25) is 0 Å². The van der Waals surface area contributed by atoms with Crippen LogP contribution < -0.4 is 0 Å². The molecule has 1 saturated heterocycles. The lowest BCUT2D eigenvalue weighted by Gasteiger charge is -2.36. The monoisotopic (exact) mass is 288 g/mol. The Hall–Kier alpha value is -1.39. The van der Waals surface area contributed by atoms with E-state index in [0.29, 0.717) is 25.9 Å². The third-order valence-electron chi connectivity index (χ3n) is 4.51. The molecule has 0 aliphatic carbocycles.